The first-order valence-electron chi connectivity index (χ1n) is 7.77. The maximum atomic E-state index is 12.9. The molecule has 7 heteroatoms. The van der Waals surface area contributed by atoms with Crippen molar-refractivity contribution < 1.29 is 28.9 Å². The van der Waals surface area contributed by atoms with Gasteiger partial charge in [-0.15, -0.1) is 0 Å². The monoisotopic (exact) mass is 337 g/mol. The number of benzene rings is 1. The lowest BCUT2D eigenvalue weighted by Crippen LogP contribution is -2.45. The topological polar surface area (TPSA) is 85.3 Å². The molecule has 1 fully saturated rings. The van der Waals surface area contributed by atoms with E-state index in [0.717, 1.165) is 4.90 Å². The van der Waals surface area contributed by atoms with Gasteiger partial charge >= 0.3 is 6.09 Å². The number of carbonyl (C=O) groups excluding carboxylic acids is 2. The molecule has 1 aliphatic rings. The molecule has 1 aromatic carbocycles. The van der Waals surface area contributed by atoms with Gasteiger partial charge in [0.2, 0.25) is 5.91 Å². The Hall–Kier alpha value is -2.28. The number of imide groups is 1. The number of hydrogen-bond acceptors (Lipinski definition) is 6. The first kappa shape index (κ1) is 18.1. The maximum Gasteiger partial charge on any atom is 0.417 e. The lowest BCUT2D eigenvalue weighted by molar-refractivity contribution is -0.132. The van der Waals surface area contributed by atoms with Crippen LogP contribution in [0.3, 0.4) is 0 Å². The zero-order chi connectivity index (χ0) is 17.9. The molecule has 1 saturated heterocycles. The van der Waals surface area contributed by atoms with Gasteiger partial charge in [0.1, 0.15) is 18.1 Å². The van der Waals surface area contributed by atoms with Crippen molar-refractivity contribution in [3.8, 4) is 11.5 Å². The Morgan fingerprint density at radius 2 is 2.08 bits per heavy atom. The third kappa shape index (κ3) is 3.31. The van der Waals surface area contributed by atoms with Gasteiger partial charge in [0.25, 0.3) is 0 Å². The zero-order valence-corrected chi connectivity index (χ0v) is 14.3. The lowest BCUT2D eigenvalue weighted by atomic mass is 9.95. The number of ether oxygens (including phenoxy) is 3. The molecule has 0 unspecified atom stereocenters. The molecule has 0 spiro atoms. The van der Waals surface area contributed by atoms with E-state index >= 15 is 0 Å². The molecule has 2 atom stereocenters. The first-order chi connectivity index (χ1) is 11.4. The summed E-state index contributed by atoms with van der Waals surface area (Å²) in [6.07, 6.45) is -0.676. The molecule has 2 rings (SSSR count). The fourth-order valence-electron chi connectivity index (χ4n) is 2.76. The Morgan fingerprint density at radius 1 is 1.38 bits per heavy atom. The number of carbonyl (C=O) groups is 2. The predicted molar refractivity (Wildman–Crippen MR) is 86.2 cm³/mol. The highest BCUT2D eigenvalue weighted by Gasteiger charge is 2.42. The molecule has 0 aliphatic carbocycles. The van der Waals surface area contributed by atoms with Gasteiger partial charge in [0.15, 0.2) is 0 Å². The van der Waals surface area contributed by atoms with E-state index in [-0.39, 0.29) is 18.6 Å². The average molecular weight is 337 g/mol. The van der Waals surface area contributed by atoms with Gasteiger partial charge in [-0.1, -0.05) is 19.9 Å². The highest BCUT2D eigenvalue weighted by Crippen LogP contribution is 2.33. The average Bonchev–Trinajstić information content (AvgIpc) is 2.97. The summed E-state index contributed by atoms with van der Waals surface area (Å²) in [7, 11) is 2.99. The minimum atomic E-state index is -0.919. The summed E-state index contributed by atoms with van der Waals surface area (Å²) in [5.74, 6) is -0.381. The van der Waals surface area contributed by atoms with Crippen molar-refractivity contribution in [2.24, 2.45) is 5.92 Å². The second kappa shape index (κ2) is 7.53. The van der Waals surface area contributed by atoms with Crippen LogP contribution in [0.4, 0.5) is 4.79 Å². The van der Waals surface area contributed by atoms with Crippen LogP contribution in [0.2, 0.25) is 0 Å². The van der Waals surface area contributed by atoms with Crippen LogP contribution < -0.4 is 9.47 Å². The van der Waals surface area contributed by atoms with E-state index in [1.807, 2.05) is 13.8 Å². The van der Waals surface area contributed by atoms with Crippen LogP contribution in [0.5, 0.6) is 11.5 Å². The number of hydrogen-bond donors (Lipinski definition) is 1. The smallest absolute Gasteiger partial charge is 0.417 e. The molecule has 132 valence electrons. The van der Waals surface area contributed by atoms with Crippen molar-refractivity contribution in [1.29, 1.82) is 0 Å². The molecule has 2 amide bonds. The van der Waals surface area contributed by atoms with Crippen LogP contribution in [-0.2, 0) is 9.53 Å². The molecular formula is C17H23NO6. The Balaban J connectivity index is 2.37. The van der Waals surface area contributed by atoms with Crippen LogP contribution in [0.25, 0.3) is 0 Å². The Labute approximate surface area is 141 Å². The van der Waals surface area contributed by atoms with E-state index in [1.165, 1.54) is 14.2 Å². The Kier molecular flexibility index (Phi) is 5.66. The number of nitrogens with zero attached hydrogens (tertiary/aromatic N) is 1. The summed E-state index contributed by atoms with van der Waals surface area (Å²) in [6, 6.07) is 4.62. The third-order valence-corrected chi connectivity index (χ3v) is 4.21. The van der Waals surface area contributed by atoms with E-state index in [9.17, 15) is 14.7 Å². The zero-order valence-electron chi connectivity index (χ0n) is 14.3. The van der Waals surface area contributed by atoms with Crippen molar-refractivity contribution in [3.05, 3.63) is 23.8 Å². The minimum Gasteiger partial charge on any atom is -0.497 e. The molecule has 1 N–H and O–H groups in total. The summed E-state index contributed by atoms with van der Waals surface area (Å²) in [4.78, 5) is 26.0. The number of cyclic esters (lactones) is 1. The van der Waals surface area contributed by atoms with Gasteiger partial charge in [-0.2, -0.15) is 0 Å². The molecule has 1 aliphatic heterocycles. The Morgan fingerprint density at radius 3 is 2.62 bits per heavy atom. The molecule has 0 bridgehead atoms. The second-order valence-corrected chi connectivity index (χ2v) is 5.94. The molecule has 0 aromatic heterocycles. The minimum absolute atomic E-state index is 0.0532. The third-order valence-electron chi connectivity index (χ3n) is 4.21. The normalized spacial score (nSPS) is 18.5. The molecule has 1 aromatic rings. The van der Waals surface area contributed by atoms with Gasteiger partial charge in [-0.05, 0) is 12.0 Å². The fourth-order valence-corrected chi connectivity index (χ4v) is 2.76. The van der Waals surface area contributed by atoms with Gasteiger partial charge in [-0.25, -0.2) is 9.69 Å². The van der Waals surface area contributed by atoms with E-state index in [2.05, 4.69) is 0 Å². The summed E-state index contributed by atoms with van der Waals surface area (Å²) < 4.78 is 15.5. The van der Waals surface area contributed by atoms with Crippen LogP contribution >= 0.6 is 0 Å². The van der Waals surface area contributed by atoms with Gasteiger partial charge in [-0.3, -0.25) is 4.79 Å². The maximum absolute atomic E-state index is 12.9. The number of aliphatic hydroxyl groups is 1. The second-order valence-electron chi connectivity index (χ2n) is 5.94. The van der Waals surface area contributed by atoms with Gasteiger partial charge in [0, 0.05) is 11.6 Å². The van der Waals surface area contributed by atoms with E-state index in [0.29, 0.717) is 17.1 Å². The van der Waals surface area contributed by atoms with Crippen molar-refractivity contribution >= 4 is 12.0 Å². The summed E-state index contributed by atoms with van der Waals surface area (Å²) in [6.45, 7) is 3.54. The van der Waals surface area contributed by atoms with E-state index in [4.69, 9.17) is 14.2 Å². The molecule has 0 radical (unpaired) electrons. The highest BCUT2D eigenvalue weighted by molar-refractivity contribution is 5.97. The van der Waals surface area contributed by atoms with Gasteiger partial charge in [0.05, 0.1) is 32.8 Å². The summed E-state index contributed by atoms with van der Waals surface area (Å²) in [5, 5.41) is 9.78. The standard InChI is InChI=1S/C17H23NO6/c1-10(2)14-9-24-17(21)18(14)16(20)13(8-19)12-6-5-11(22-3)7-15(12)23-4/h5-7,10,13-14,19H,8-9H2,1-4H3/t13-,14+/m0/s1. The molecule has 1 heterocycles. The van der Waals surface area contributed by atoms with Crippen molar-refractivity contribution in [2.45, 2.75) is 25.8 Å². The Bertz CT molecular complexity index is 615. The lowest BCUT2D eigenvalue weighted by Gasteiger charge is -2.27. The number of methoxy groups -OCH3 is 2. The number of amides is 2. The van der Waals surface area contributed by atoms with E-state index in [1.54, 1.807) is 18.2 Å². The van der Waals surface area contributed by atoms with Gasteiger partial charge < -0.3 is 19.3 Å². The number of rotatable bonds is 6. The van der Waals surface area contributed by atoms with Crippen LogP contribution in [0.1, 0.15) is 25.3 Å². The quantitative estimate of drug-likeness (QED) is 0.852. The largest absolute Gasteiger partial charge is 0.497 e. The van der Waals surface area contributed by atoms with E-state index < -0.39 is 24.5 Å². The SMILES string of the molecule is COc1ccc([C@H](CO)C(=O)N2C(=O)OC[C@@H]2C(C)C)c(OC)c1. The van der Waals surface area contributed by atoms with Crippen LogP contribution in [0, 0.1) is 5.92 Å². The summed E-state index contributed by atoms with van der Waals surface area (Å²) in [5.41, 5.74) is 0.494. The van der Waals surface area contributed by atoms with Crippen molar-refractivity contribution in [2.75, 3.05) is 27.4 Å². The molecule has 7 nitrogen and oxygen atoms in total. The van der Waals surface area contributed by atoms with Crippen LogP contribution in [0.15, 0.2) is 18.2 Å². The van der Waals surface area contributed by atoms with Crippen molar-refractivity contribution in [1.82, 2.24) is 4.90 Å². The fraction of sp³-hybridized carbons (Fsp3) is 0.529. The molecule has 24 heavy (non-hydrogen) atoms. The number of aliphatic hydroxyl groups excluding tert-OH is 1. The molecular weight excluding hydrogens is 314 g/mol. The molecule has 0 saturated carbocycles. The van der Waals surface area contributed by atoms with Crippen molar-refractivity contribution in [3.63, 3.8) is 0 Å². The van der Waals surface area contributed by atoms with Crippen LogP contribution in [-0.4, -0.2) is 55.5 Å². The highest BCUT2D eigenvalue weighted by atomic mass is 16.6. The predicted octanol–water partition coefficient (Wildman–Crippen LogP) is 1.78. The first-order valence-corrected chi connectivity index (χ1v) is 7.77. The summed E-state index contributed by atoms with van der Waals surface area (Å²) >= 11 is 0.